The van der Waals surface area contributed by atoms with Crippen LogP contribution in [0, 0.1) is 0 Å². The first kappa shape index (κ1) is 14.9. The van der Waals surface area contributed by atoms with Gasteiger partial charge < -0.3 is 10.1 Å². The molecule has 1 saturated heterocycles. The molecule has 3 heteroatoms. The zero-order valence-electron chi connectivity index (χ0n) is 12.0. The van der Waals surface area contributed by atoms with E-state index in [0.717, 1.165) is 13.0 Å². The predicted octanol–water partition coefficient (Wildman–Crippen LogP) is 2.26. The molecule has 0 aromatic rings. The molecule has 0 spiro atoms. The maximum Gasteiger partial charge on any atom is 0.0477 e. The second kappa shape index (κ2) is 8.06. The van der Waals surface area contributed by atoms with E-state index in [2.05, 4.69) is 31.0 Å². The standard InChI is InChI=1S/C14H30N2O/c1-12(2)16(13(3)8-10-17-4)11-14-7-5-6-9-15-14/h12-15H,5-11H2,1-4H3. The summed E-state index contributed by atoms with van der Waals surface area (Å²) in [4.78, 5) is 2.61. The lowest BCUT2D eigenvalue weighted by molar-refractivity contribution is 0.102. The first-order valence-corrected chi connectivity index (χ1v) is 7.13. The molecule has 0 aliphatic carbocycles. The Morgan fingerprint density at radius 3 is 2.59 bits per heavy atom. The normalized spacial score (nSPS) is 23.3. The molecule has 102 valence electrons. The fourth-order valence-corrected chi connectivity index (χ4v) is 2.69. The monoisotopic (exact) mass is 242 g/mol. The molecule has 2 atom stereocenters. The number of nitrogens with one attached hydrogen (secondary N) is 1. The molecule has 3 nitrogen and oxygen atoms in total. The SMILES string of the molecule is COCCC(C)N(CC1CCCCN1)C(C)C. The van der Waals surface area contributed by atoms with Crippen LogP contribution in [0.2, 0.25) is 0 Å². The molecule has 0 aromatic heterocycles. The summed E-state index contributed by atoms with van der Waals surface area (Å²) in [5.74, 6) is 0. The minimum Gasteiger partial charge on any atom is -0.385 e. The van der Waals surface area contributed by atoms with Crippen LogP contribution in [-0.4, -0.2) is 49.8 Å². The predicted molar refractivity (Wildman–Crippen MR) is 73.4 cm³/mol. The number of piperidine rings is 1. The Hall–Kier alpha value is -0.120. The van der Waals surface area contributed by atoms with Gasteiger partial charge >= 0.3 is 0 Å². The number of nitrogens with zero attached hydrogens (tertiary/aromatic N) is 1. The average molecular weight is 242 g/mol. The molecule has 1 aliphatic rings. The molecular formula is C14H30N2O. The molecular weight excluding hydrogens is 212 g/mol. The van der Waals surface area contributed by atoms with Crippen LogP contribution in [0.3, 0.4) is 0 Å². The van der Waals surface area contributed by atoms with Gasteiger partial charge in [-0.25, -0.2) is 0 Å². The molecule has 1 aliphatic heterocycles. The summed E-state index contributed by atoms with van der Waals surface area (Å²) in [7, 11) is 1.79. The van der Waals surface area contributed by atoms with Crippen molar-refractivity contribution < 1.29 is 4.74 Å². The van der Waals surface area contributed by atoms with Gasteiger partial charge in [-0.15, -0.1) is 0 Å². The number of hydrogen-bond donors (Lipinski definition) is 1. The van der Waals surface area contributed by atoms with Gasteiger partial charge in [-0.05, 0) is 46.6 Å². The van der Waals surface area contributed by atoms with Crippen molar-refractivity contribution in [3.8, 4) is 0 Å². The van der Waals surface area contributed by atoms with Crippen LogP contribution in [0.4, 0.5) is 0 Å². The average Bonchev–Trinajstić information content (AvgIpc) is 2.34. The van der Waals surface area contributed by atoms with Crippen LogP contribution < -0.4 is 5.32 Å². The Morgan fingerprint density at radius 1 is 1.29 bits per heavy atom. The van der Waals surface area contributed by atoms with Gasteiger partial charge in [0.25, 0.3) is 0 Å². The zero-order valence-corrected chi connectivity index (χ0v) is 12.0. The minimum absolute atomic E-state index is 0.610. The zero-order chi connectivity index (χ0) is 12.7. The molecule has 0 saturated carbocycles. The topological polar surface area (TPSA) is 24.5 Å². The van der Waals surface area contributed by atoms with E-state index in [-0.39, 0.29) is 0 Å². The van der Waals surface area contributed by atoms with E-state index in [0.29, 0.717) is 18.1 Å². The van der Waals surface area contributed by atoms with Crippen LogP contribution in [0.1, 0.15) is 46.5 Å². The van der Waals surface area contributed by atoms with Gasteiger partial charge in [0.1, 0.15) is 0 Å². The summed E-state index contributed by atoms with van der Waals surface area (Å²) >= 11 is 0. The van der Waals surface area contributed by atoms with Crippen molar-refractivity contribution in [2.24, 2.45) is 0 Å². The van der Waals surface area contributed by atoms with Gasteiger partial charge in [0, 0.05) is 38.4 Å². The van der Waals surface area contributed by atoms with Gasteiger partial charge in [0.05, 0.1) is 0 Å². The third kappa shape index (κ3) is 5.36. The van der Waals surface area contributed by atoms with Crippen LogP contribution >= 0.6 is 0 Å². The number of hydrogen-bond acceptors (Lipinski definition) is 3. The van der Waals surface area contributed by atoms with Crippen LogP contribution in [-0.2, 0) is 4.74 Å². The highest BCUT2D eigenvalue weighted by Crippen LogP contribution is 2.14. The number of ether oxygens (including phenoxy) is 1. The Balaban J connectivity index is 2.40. The van der Waals surface area contributed by atoms with Crippen LogP contribution in [0.25, 0.3) is 0 Å². The van der Waals surface area contributed by atoms with Crippen molar-refractivity contribution in [3.05, 3.63) is 0 Å². The molecule has 0 amide bonds. The van der Waals surface area contributed by atoms with Crippen molar-refractivity contribution in [2.75, 3.05) is 26.8 Å². The first-order chi connectivity index (χ1) is 8.15. The van der Waals surface area contributed by atoms with Gasteiger partial charge in [-0.1, -0.05) is 6.42 Å². The van der Waals surface area contributed by atoms with Gasteiger partial charge in [0.15, 0.2) is 0 Å². The highest BCUT2D eigenvalue weighted by atomic mass is 16.5. The molecule has 17 heavy (non-hydrogen) atoms. The minimum atomic E-state index is 0.610. The Morgan fingerprint density at radius 2 is 2.06 bits per heavy atom. The van der Waals surface area contributed by atoms with Gasteiger partial charge in [-0.2, -0.15) is 0 Å². The fourth-order valence-electron chi connectivity index (χ4n) is 2.69. The van der Waals surface area contributed by atoms with Gasteiger partial charge in [0.2, 0.25) is 0 Å². The number of rotatable bonds is 7. The molecule has 2 unspecified atom stereocenters. The third-order valence-corrected chi connectivity index (χ3v) is 3.81. The first-order valence-electron chi connectivity index (χ1n) is 7.13. The summed E-state index contributed by atoms with van der Waals surface area (Å²) < 4.78 is 5.19. The van der Waals surface area contributed by atoms with E-state index in [4.69, 9.17) is 4.74 Å². The molecule has 1 heterocycles. The Kier molecular flexibility index (Phi) is 7.09. The van der Waals surface area contributed by atoms with E-state index in [1.807, 2.05) is 0 Å². The third-order valence-electron chi connectivity index (χ3n) is 3.81. The van der Waals surface area contributed by atoms with Crippen LogP contribution in [0.15, 0.2) is 0 Å². The lowest BCUT2D eigenvalue weighted by Crippen LogP contribution is -2.49. The van der Waals surface area contributed by atoms with Crippen molar-refractivity contribution in [3.63, 3.8) is 0 Å². The molecule has 1 N–H and O–H groups in total. The molecule has 1 rings (SSSR count). The highest BCUT2D eigenvalue weighted by Gasteiger charge is 2.22. The largest absolute Gasteiger partial charge is 0.385 e. The van der Waals surface area contributed by atoms with E-state index in [9.17, 15) is 0 Å². The smallest absolute Gasteiger partial charge is 0.0477 e. The van der Waals surface area contributed by atoms with E-state index < -0.39 is 0 Å². The number of methoxy groups -OCH3 is 1. The molecule has 1 fully saturated rings. The van der Waals surface area contributed by atoms with E-state index in [1.54, 1.807) is 7.11 Å². The highest BCUT2D eigenvalue weighted by molar-refractivity contribution is 4.80. The fraction of sp³-hybridized carbons (Fsp3) is 1.00. The molecule has 0 aromatic carbocycles. The second-order valence-corrected chi connectivity index (χ2v) is 5.57. The van der Waals surface area contributed by atoms with Gasteiger partial charge in [-0.3, -0.25) is 4.90 Å². The summed E-state index contributed by atoms with van der Waals surface area (Å²) in [6.45, 7) is 10.2. The van der Waals surface area contributed by atoms with Crippen molar-refractivity contribution in [1.29, 1.82) is 0 Å². The molecule has 0 radical (unpaired) electrons. The second-order valence-electron chi connectivity index (χ2n) is 5.57. The van der Waals surface area contributed by atoms with E-state index >= 15 is 0 Å². The summed E-state index contributed by atoms with van der Waals surface area (Å²) in [5, 5.41) is 3.64. The Labute approximate surface area is 107 Å². The van der Waals surface area contributed by atoms with Crippen molar-refractivity contribution in [2.45, 2.75) is 64.6 Å². The Bertz CT molecular complexity index is 191. The van der Waals surface area contributed by atoms with Crippen molar-refractivity contribution in [1.82, 2.24) is 10.2 Å². The molecule has 0 bridgehead atoms. The van der Waals surface area contributed by atoms with Crippen LogP contribution in [0.5, 0.6) is 0 Å². The maximum atomic E-state index is 5.19. The quantitative estimate of drug-likeness (QED) is 0.741. The summed E-state index contributed by atoms with van der Waals surface area (Å²) in [5.41, 5.74) is 0. The van der Waals surface area contributed by atoms with Crippen molar-refractivity contribution >= 4 is 0 Å². The summed E-state index contributed by atoms with van der Waals surface area (Å²) in [6.07, 6.45) is 5.19. The summed E-state index contributed by atoms with van der Waals surface area (Å²) in [6, 6.07) is 1.92. The lowest BCUT2D eigenvalue weighted by Gasteiger charge is -2.37. The lowest BCUT2D eigenvalue weighted by atomic mass is 10.0. The maximum absolute atomic E-state index is 5.19. The van der Waals surface area contributed by atoms with E-state index in [1.165, 1.54) is 32.4 Å².